The van der Waals surface area contributed by atoms with Crippen molar-refractivity contribution in [2.24, 2.45) is 5.92 Å². The van der Waals surface area contributed by atoms with Crippen LogP contribution in [0.15, 0.2) is 36.7 Å². The third-order valence-corrected chi connectivity index (χ3v) is 3.90. The zero-order valence-corrected chi connectivity index (χ0v) is 12.3. The highest BCUT2D eigenvalue weighted by atomic mass is 16.5. The average molecular weight is 297 g/mol. The Balaban J connectivity index is 1.96. The number of ketones is 2. The zero-order valence-electron chi connectivity index (χ0n) is 12.3. The summed E-state index contributed by atoms with van der Waals surface area (Å²) in [7, 11) is 3.06. The van der Waals surface area contributed by atoms with Gasteiger partial charge in [0, 0.05) is 23.5 Å². The van der Waals surface area contributed by atoms with E-state index in [1.807, 2.05) is 0 Å². The molecule has 1 heterocycles. The molecule has 1 aromatic heterocycles. The highest BCUT2D eigenvalue weighted by Gasteiger charge is 2.37. The lowest BCUT2D eigenvalue weighted by Crippen LogP contribution is -2.20. The van der Waals surface area contributed by atoms with Crippen LogP contribution in [0, 0.1) is 5.92 Å². The number of carbonyl (C=O) groups excluding carboxylic acids is 2. The lowest BCUT2D eigenvalue weighted by molar-refractivity contribution is 0.0822. The Morgan fingerprint density at radius 3 is 2.41 bits per heavy atom. The van der Waals surface area contributed by atoms with Crippen molar-refractivity contribution in [2.75, 3.05) is 14.2 Å². The molecule has 0 aliphatic heterocycles. The molecule has 2 aromatic rings. The zero-order chi connectivity index (χ0) is 15.7. The molecule has 0 amide bonds. The maximum Gasteiger partial charge on any atom is 0.174 e. The van der Waals surface area contributed by atoms with Crippen molar-refractivity contribution in [3.63, 3.8) is 0 Å². The smallest absolute Gasteiger partial charge is 0.174 e. The number of rotatable bonds is 4. The van der Waals surface area contributed by atoms with E-state index in [4.69, 9.17) is 9.47 Å². The summed E-state index contributed by atoms with van der Waals surface area (Å²) in [5.41, 5.74) is 1.85. The van der Waals surface area contributed by atoms with Crippen LogP contribution in [0.4, 0.5) is 0 Å². The second-order valence-electron chi connectivity index (χ2n) is 5.09. The van der Waals surface area contributed by atoms with Crippen LogP contribution in [0.3, 0.4) is 0 Å². The highest BCUT2D eigenvalue weighted by Crippen LogP contribution is 2.37. The molecule has 112 valence electrons. The van der Waals surface area contributed by atoms with Gasteiger partial charge in [0.1, 0.15) is 0 Å². The van der Waals surface area contributed by atoms with E-state index in [0.717, 1.165) is 5.56 Å². The fourth-order valence-electron chi connectivity index (χ4n) is 2.75. The molecule has 1 atom stereocenters. The normalized spacial score (nSPS) is 16.3. The van der Waals surface area contributed by atoms with Gasteiger partial charge in [-0.1, -0.05) is 0 Å². The van der Waals surface area contributed by atoms with Crippen molar-refractivity contribution in [1.82, 2.24) is 4.98 Å². The molecule has 1 aliphatic rings. The van der Waals surface area contributed by atoms with Gasteiger partial charge in [-0.25, -0.2) is 0 Å². The van der Waals surface area contributed by atoms with Crippen LogP contribution in [-0.2, 0) is 6.42 Å². The van der Waals surface area contributed by atoms with Gasteiger partial charge in [0.15, 0.2) is 23.1 Å². The van der Waals surface area contributed by atoms with Crippen molar-refractivity contribution in [3.05, 3.63) is 53.3 Å². The largest absolute Gasteiger partial charge is 0.493 e. The second kappa shape index (κ2) is 5.60. The van der Waals surface area contributed by atoms with Crippen molar-refractivity contribution in [2.45, 2.75) is 6.42 Å². The molecule has 3 rings (SSSR count). The molecule has 5 nitrogen and oxygen atoms in total. The third-order valence-electron chi connectivity index (χ3n) is 3.90. The molecule has 1 aromatic carbocycles. The highest BCUT2D eigenvalue weighted by molar-refractivity contribution is 6.18. The van der Waals surface area contributed by atoms with Gasteiger partial charge in [-0.3, -0.25) is 14.6 Å². The molecular formula is C17H15NO4. The number of aromatic nitrogens is 1. The first kappa shape index (κ1) is 14.3. The van der Waals surface area contributed by atoms with E-state index in [2.05, 4.69) is 4.98 Å². The summed E-state index contributed by atoms with van der Waals surface area (Å²) in [6.45, 7) is 0. The second-order valence-corrected chi connectivity index (χ2v) is 5.09. The monoisotopic (exact) mass is 297 g/mol. The Morgan fingerprint density at radius 1 is 1.14 bits per heavy atom. The minimum absolute atomic E-state index is 0.169. The van der Waals surface area contributed by atoms with Gasteiger partial charge in [0.25, 0.3) is 0 Å². The molecule has 1 aliphatic carbocycles. The van der Waals surface area contributed by atoms with Crippen LogP contribution in [0.2, 0.25) is 0 Å². The van der Waals surface area contributed by atoms with Gasteiger partial charge in [-0.15, -0.1) is 0 Å². The van der Waals surface area contributed by atoms with Crippen LogP contribution in [0.5, 0.6) is 11.5 Å². The van der Waals surface area contributed by atoms with E-state index in [9.17, 15) is 9.59 Å². The first-order chi connectivity index (χ1) is 10.7. The van der Waals surface area contributed by atoms with E-state index in [1.54, 1.807) is 43.8 Å². The Morgan fingerprint density at radius 2 is 1.77 bits per heavy atom. The third kappa shape index (κ3) is 2.24. The standard InChI is InChI=1S/C17H15NO4/c1-21-14-8-11-7-13(16(19)10-3-5-18-6-4-10)17(20)12(11)9-15(14)22-2/h3-6,8-9,13H,7H2,1-2H3/t13-/m1/s1. The fourth-order valence-corrected chi connectivity index (χ4v) is 2.75. The first-order valence-electron chi connectivity index (χ1n) is 6.89. The number of benzene rings is 1. The van der Waals surface area contributed by atoms with E-state index >= 15 is 0 Å². The molecular weight excluding hydrogens is 282 g/mol. The summed E-state index contributed by atoms with van der Waals surface area (Å²) < 4.78 is 10.5. The lowest BCUT2D eigenvalue weighted by Gasteiger charge is -2.09. The summed E-state index contributed by atoms with van der Waals surface area (Å²) in [6.07, 6.45) is 3.48. The lowest BCUT2D eigenvalue weighted by atomic mass is 9.95. The van der Waals surface area contributed by atoms with Gasteiger partial charge < -0.3 is 9.47 Å². The number of hydrogen-bond donors (Lipinski definition) is 0. The molecule has 0 saturated heterocycles. The Kier molecular flexibility index (Phi) is 3.63. The summed E-state index contributed by atoms with van der Waals surface area (Å²) in [4.78, 5) is 29.0. The van der Waals surface area contributed by atoms with Gasteiger partial charge in [-0.05, 0) is 36.2 Å². The van der Waals surface area contributed by atoms with Crippen molar-refractivity contribution < 1.29 is 19.1 Å². The van der Waals surface area contributed by atoms with E-state index in [1.165, 1.54) is 7.11 Å². The number of ether oxygens (including phenoxy) is 2. The molecule has 0 unspecified atom stereocenters. The molecule has 0 bridgehead atoms. The van der Waals surface area contributed by atoms with Crippen LogP contribution < -0.4 is 9.47 Å². The van der Waals surface area contributed by atoms with Crippen molar-refractivity contribution >= 4 is 11.6 Å². The van der Waals surface area contributed by atoms with Gasteiger partial charge in [0.2, 0.25) is 0 Å². The van der Waals surface area contributed by atoms with Crippen LogP contribution in [0.1, 0.15) is 26.3 Å². The number of nitrogens with zero attached hydrogens (tertiary/aromatic N) is 1. The fraction of sp³-hybridized carbons (Fsp3) is 0.235. The molecule has 5 heteroatoms. The molecule has 22 heavy (non-hydrogen) atoms. The number of carbonyl (C=O) groups is 2. The Labute approximate surface area is 127 Å². The number of fused-ring (bicyclic) bond motifs is 1. The quantitative estimate of drug-likeness (QED) is 0.640. The Bertz CT molecular complexity index is 740. The van der Waals surface area contributed by atoms with Crippen molar-refractivity contribution in [3.8, 4) is 11.5 Å². The summed E-state index contributed by atoms with van der Waals surface area (Å²) >= 11 is 0. The molecule has 0 saturated carbocycles. The number of Topliss-reactive ketones (excluding diaryl/α,β-unsaturated/α-hetero) is 2. The van der Waals surface area contributed by atoms with E-state index < -0.39 is 5.92 Å². The topological polar surface area (TPSA) is 65.5 Å². The van der Waals surface area contributed by atoms with Crippen LogP contribution in [-0.4, -0.2) is 30.8 Å². The first-order valence-corrected chi connectivity index (χ1v) is 6.89. The van der Waals surface area contributed by atoms with E-state index in [0.29, 0.717) is 29.0 Å². The average Bonchev–Trinajstić information content (AvgIpc) is 2.89. The van der Waals surface area contributed by atoms with Gasteiger partial charge in [-0.2, -0.15) is 0 Å². The SMILES string of the molecule is COc1cc2c(cc1OC)C(=O)[C@@H](C(=O)c1ccncc1)C2. The molecule has 0 radical (unpaired) electrons. The summed E-state index contributed by atoms with van der Waals surface area (Å²) in [5.74, 6) is 0.0196. The van der Waals surface area contributed by atoms with Crippen LogP contribution in [0.25, 0.3) is 0 Å². The van der Waals surface area contributed by atoms with Crippen molar-refractivity contribution in [1.29, 1.82) is 0 Å². The van der Waals surface area contributed by atoms with E-state index in [-0.39, 0.29) is 11.6 Å². The summed E-state index contributed by atoms with van der Waals surface area (Å²) in [6, 6.07) is 6.67. The minimum atomic E-state index is -0.686. The number of pyridine rings is 1. The Hall–Kier alpha value is -2.69. The number of hydrogen-bond acceptors (Lipinski definition) is 5. The molecule has 0 spiro atoms. The maximum absolute atomic E-state index is 12.5. The number of methoxy groups -OCH3 is 2. The minimum Gasteiger partial charge on any atom is -0.493 e. The van der Waals surface area contributed by atoms with Gasteiger partial charge in [0.05, 0.1) is 20.1 Å². The predicted octanol–water partition coefficient (Wildman–Crippen LogP) is 2.34. The summed E-state index contributed by atoms with van der Waals surface area (Å²) in [5, 5.41) is 0. The molecule has 0 fully saturated rings. The maximum atomic E-state index is 12.5. The van der Waals surface area contributed by atoms with Crippen LogP contribution >= 0.6 is 0 Å². The molecule has 0 N–H and O–H groups in total. The predicted molar refractivity (Wildman–Crippen MR) is 79.6 cm³/mol. The van der Waals surface area contributed by atoms with Gasteiger partial charge >= 0.3 is 0 Å².